The lowest BCUT2D eigenvalue weighted by molar-refractivity contribution is 0.280. The van der Waals surface area contributed by atoms with E-state index in [1.54, 1.807) is 0 Å². The Morgan fingerprint density at radius 2 is 2.18 bits per heavy atom. The van der Waals surface area contributed by atoms with Gasteiger partial charge in [-0.05, 0) is 32.6 Å². The molecule has 3 nitrogen and oxygen atoms in total. The summed E-state index contributed by atoms with van der Waals surface area (Å²) < 4.78 is 2.21. The molecule has 1 N–H and O–H groups in total. The van der Waals surface area contributed by atoms with Gasteiger partial charge in [0.2, 0.25) is 0 Å². The summed E-state index contributed by atoms with van der Waals surface area (Å²) in [7, 11) is 0. The summed E-state index contributed by atoms with van der Waals surface area (Å²) in [5.41, 5.74) is 0. The summed E-state index contributed by atoms with van der Waals surface area (Å²) in [4.78, 5) is 4.24. The second kappa shape index (κ2) is 6.20. The Hall–Kier alpha value is -0.830. The minimum atomic E-state index is 0.666. The fourth-order valence-electron chi connectivity index (χ4n) is 2.85. The highest BCUT2D eigenvalue weighted by Crippen LogP contribution is 2.26. The number of rotatable bonds is 5. The number of hydrogen-bond donors (Lipinski definition) is 1. The fourth-order valence-corrected chi connectivity index (χ4v) is 2.85. The van der Waals surface area contributed by atoms with Gasteiger partial charge in [-0.15, -0.1) is 0 Å². The van der Waals surface area contributed by atoms with Crippen molar-refractivity contribution >= 4 is 0 Å². The van der Waals surface area contributed by atoms with Crippen LogP contribution in [-0.4, -0.2) is 22.1 Å². The highest BCUT2D eigenvalue weighted by Gasteiger charge is 2.19. The highest BCUT2D eigenvalue weighted by atomic mass is 15.1. The predicted molar refractivity (Wildman–Crippen MR) is 71.0 cm³/mol. The van der Waals surface area contributed by atoms with Crippen LogP contribution < -0.4 is 5.32 Å². The second-order valence-electron chi connectivity index (χ2n) is 5.31. The molecule has 0 aliphatic heterocycles. The van der Waals surface area contributed by atoms with Crippen LogP contribution in [0, 0.1) is 12.8 Å². The molecule has 1 saturated carbocycles. The first-order chi connectivity index (χ1) is 8.27. The molecule has 0 unspecified atom stereocenters. The first kappa shape index (κ1) is 12.6. The van der Waals surface area contributed by atoms with Crippen LogP contribution in [0.15, 0.2) is 12.4 Å². The number of imidazole rings is 1. The number of aryl methyl sites for hydroxylation is 1. The summed E-state index contributed by atoms with van der Waals surface area (Å²) in [6.07, 6.45) is 11.1. The van der Waals surface area contributed by atoms with E-state index in [4.69, 9.17) is 0 Å². The number of nitrogens with one attached hydrogen (secondary N) is 1. The SMILES string of the molecule is Cc1nccn1CCN[C@H](C)C1CCCCC1. The Morgan fingerprint density at radius 1 is 1.41 bits per heavy atom. The first-order valence-corrected chi connectivity index (χ1v) is 6.98. The highest BCUT2D eigenvalue weighted by molar-refractivity contribution is 4.88. The van der Waals surface area contributed by atoms with Crippen molar-refractivity contribution in [2.75, 3.05) is 6.54 Å². The number of hydrogen-bond acceptors (Lipinski definition) is 2. The molecule has 0 amide bonds. The average Bonchev–Trinajstić information content (AvgIpc) is 2.76. The number of aromatic nitrogens is 2. The van der Waals surface area contributed by atoms with Crippen molar-refractivity contribution in [3.05, 3.63) is 18.2 Å². The van der Waals surface area contributed by atoms with Crippen LogP contribution in [0.5, 0.6) is 0 Å². The third kappa shape index (κ3) is 3.56. The molecular formula is C14H25N3. The van der Waals surface area contributed by atoms with Crippen LogP contribution in [0.1, 0.15) is 44.9 Å². The van der Waals surface area contributed by atoms with Crippen molar-refractivity contribution in [2.45, 2.75) is 58.5 Å². The van der Waals surface area contributed by atoms with Gasteiger partial charge in [0.15, 0.2) is 0 Å². The summed E-state index contributed by atoms with van der Waals surface area (Å²) in [6, 6.07) is 0.666. The van der Waals surface area contributed by atoms with Crippen LogP contribution in [0.2, 0.25) is 0 Å². The zero-order valence-corrected chi connectivity index (χ0v) is 11.2. The van der Waals surface area contributed by atoms with E-state index in [9.17, 15) is 0 Å². The molecule has 0 bridgehead atoms. The van der Waals surface area contributed by atoms with E-state index in [-0.39, 0.29) is 0 Å². The lowest BCUT2D eigenvalue weighted by atomic mass is 9.84. The molecule has 1 heterocycles. The normalized spacial score (nSPS) is 19.4. The molecular weight excluding hydrogens is 210 g/mol. The standard InChI is InChI=1S/C14H25N3/c1-12(14-6-4-3-5-7-14)15-8-10-17-11-9-16-13(17)2/h9,11-12,14-15H,3-8,10H2,1-2H3/t12-/m1/s1. The van der Waals surface area contributed by atoms with E-state index < -0.39 is 0 Å². The molecule has 1 atom stereocenters. The third-order valence-electron chi connectivity index (χ3n) is 4.10. The van der Waals surface area contributed by atoms with Crippen LogP contribution in [0.3, 0.4) is 0 Å². The van der Waals surface area contributed by atoms with Crippen LogP contribution in [0.25, 0.3) is 0 Å². The topological polar surface area (TPSA) is 29.9 Å². The summed E-state index contributed by atoms with van der Waals surface area (Å²) in [5, 5.41) is 3.67. The third-order valence-corrected chi connectivity index (χ3v) is 4.10. The van der Waals surface area contributed by atoms with E-state index in [2.05, 4.69) is 34.9 Å². The maximum Gasteiger partial charge on any atom is 0.105 e. The van der Waals surface area contributed by atoms with Crippen LogP contribution in [-0.2, 0) is 6.54 Å². The Kier molecular flexibility index (Phi) is 4.60. The van der Waals surface area contributed by atoms with E-state index in [0.717, 1.165) is 24.8 Å². The molecule has 2 rings (SSSR count). The van der Waals surface area contributed by atoms with Gasteiger partial charge in [0.05, 0.1) is 0 Å². The summed E-state index contributed by atoms with van der Waals surface area (Å²) in [6.45, 7) is 6.49. The van der Waals surface area contributed by atoms with Gasteiger partial charge in [0.25, 0.3) is 0 Å². The zero-order valence-electron chi connectivity index (χ0n) is 11.2. The first-order valence-electron chi connectivity index (χ1n) is 6.98. The second-order valence-corrected chi connectivity index (χ2v) is 5.31. The molecule has 1 aromatic rings. The Labute approximate surface area is 105 Å². The van der Waals surface area contributed by atoms with E-state index in [0.29, 0.717) is 6.04 Å². The van der Waals surface area contributed by atoms with E-state index in [1.807, 2.05) is 6.20 Å². The monoisotopic (exact) mass is 235 g/mol. The Balaban J connectivity index is 1.69. The zero-order chi connectivity index (χ0) is 12.1. The summed E-state index contributed by atoms with van der Waals surface area (Å²) >= 11 is 0. The van der Waals surface area contributed by atoms with Gasteiger partial charge in [0, 0.05) is 31.5 Å². The van der Waals surface area contributed by atoms with Gasteiger partial charge < -0.3 is 9.88 Å². The molecule has 1 aliphatic rings. The van der Waals surface area contributed by atoms with Crippen molar-refractivity contribution in [1.82, 2.24) is 14.9 Å². The fraction of sp³-hybridized carbons (Fsp3) is 0.786. The summed E-state index contributed by atoms with van der Waals surface area (Å²) in [5.74, 6) is 2.00. The van der Waals surface area contributed by atoms with E-state index >= 15 is 0 Å². The van der Waals surface area contributed by atoms with Gasteiger partial charge in [-0.3, -0.25) is 0 Å². The quantitative estimate of drug-likeness (QED) is 0.850. The van der Waals surface area contributed by atoms with Crippen molar-refractivity contribution < 1.29 is 0 Å². The minimum Gasteiger partial charge on any atom is -0.334 e. The smallest absolute Gasteiger partial charge is 0.105 e. The van der Waals surface area contributed by atoms with Gasteiger partial charge in [-0.25, -0.2) is 4.98 Å². The Morgan fingerprint density at radius 3 is 2.82 bits per heavy atom. The lowest BCUT2D eigenvalue weighted by Crippen LogP contribution is -2.36. The maximum absolute atomic E-state index is 4.24. The van der Waals surface area contributed by atoms with Crippen LogP contribution in [0.4, 0.5) is 0 Å². The Bertz CT molecular complexity index is 326. The maximum atomic E-state index is 4.24. The molecule has 1 aromatic heterocycles. The van der Waals surface area contributed by atoms with Crippen molar-refractivity contribution in [3.8, 4) is 0 Å². The molecule has 96 valence electrons. The van der Waals surface area contributed by atoms with E-state index in [1.165, 1.54) is 32.1 Å². The lowest BCUT2D eigenvalue weighted by Gasteiger charge is -2.28. The van der Waals surface area contributed by atoms with Crippen LogP contribution >= 0.6 is 0 Å². The number of nitrogens with zero attached hydrogens (tertiary/aromatic N) is 2. The molecule has 0 radical (unpaired) electrons. The minimum absolute atomic E-state index is 0.666. The van der Waals surface area contributed by atoms with Crippen molar-refractivity contribution in [1.29, 1.82) is 0 Å². The molecule has 3 heteroatoms. The molecule has 1 fully saturated rings. The van der Waals surface area contributed by atoms with Crippen molar-refractivity contribution in [3.63, 3.8) is 0 Å². The molecule has 0 spiro atoms. The van der Waals surface area contributed by atoms with Gasteiger partial charge >= 0.3 is 0 Å². The predicted octanol–water partition coefficient (Wildman–Crippen LogP) is 2.75. The molecule has 0 saturated heterocycles. The van der Waals surface area contributed by atoms with Gasteiger partial charge in [-0.2, -0.15) is 0 Å². The molecule has 0 aromatic carbocycles. The molecule has 17 heavy (non-hydrogen) atoms. The van der Waals surface area contributed by atoms with Gasteiger partial charge in [0.1, 0.15) is 5.82 Å². The van der Waals surface area contributed by atoms with Gasteiger partial charge in [-0.1, -0.05) is 19.3 Å². The van der Waals surface area contributed by atoms with Crippen molar-refractivity contribution in [2.24, 2.45) is 5.92 Å². The molecule has 1 aliphatic carbocycles. The average molecular weight is 235 g/mol. The largest absolute Gasteiger partial charge is 0.334 e.